The zero-order chi connectivity index (χ0) is 25.8. The molecule has 0 aliphatic heterocycles. The maximum absolute atomic E-state index is 12.8. The maximum atomic E-state index is 12.8. The van der Waals surface area contributed by atoms with E-state index in [0.29, 0.717) is 0 Å². The van der Waals surface area contributed by atoms with Gasteiger partial charge in [-0.1, -0.05) is 30.3 Å². The molecule has 0 heterocycles. The van der Waals surface area contributed by atoms with Crippen molar-refractivity contribution in [3.05, 3.63) is 35.9 Å². The molecule has 5 amide bonds. The smallest absolute Gasteiger partial charge is 0.325 e. The van der Waals surface area contributed by atoms with Crippen LogP contribution in [0.5, 0.6) is 0 Å². The topological polar surface area (TPSA) is 237 Å². The molecule has 0 saturated carbocycles. The molecular weight excluding hydrogens is 448 g/mol. The highest BCUT2D eigenvalue weighted by Gasteiger charge is 2.30. The van der Waals surface area contributed by atoms with Crippen molar-refractivity contribution in [3.8, 4) is 0 Å². The van der Waals surface area contributed by atoms with E-state index in [1.807, 2.05) is 0 Å². The Morgan fingerprint density at radius 3 is 1.94 bits per heavy atom. The van der Waals surface area contributed by atoms with E-state index in [1.165, 1.54) is 6.92 Å². The van der Waals surface area contributed by atoms with E-state index in [1.54, 1.807) is 30.3 Å². The van der Waals surface area contributed by atoms with Gasteiger partial charge in [0.1, 0.15) is 18.1 Å². The first-order chi connectivity index (χ1) is 15.9. The number of primary amides is 2. The summed E-state index contributed by atoms with van der Waals surface area (Å²) in [6.45, 7) is 1.19. The highest BCUT2D eigenvalue weighted by atomic mass is 16.4. The molecule has 34 heavy (non-hydrogen) atoms. The van der Waals surface area contributed by atoms with E-state index in [9.17, 15) is 28.8 Å². The number of rotatable bonds is 14. The number of benzene rings is 1. The molecule has 1 aromatic carbocycles. The zero-order valence-corrected chi connectivity index (χ0v) is 18.7. The van der Waals surface area contributed by atoms with Crippen LogP contribution in [0.4, 0.5) is 0 Å². The van der Waals surface area contributed by atoms with E-state index in [-0.39, 0.29) is 19.3 Å². The SMILES string of the molecule is CC(NC(=O)C(CC(N)=O)NC(=O)C(CCC(N)=O)NC(=O)C(N)Cc1ccccc1)C(=O)O. The second-order valence-electron chi connectivity index (χ2n) is 7.66. The van der Waals surface area contributed by atoms with Crippen molar-refractivity contribution in [3.63, 3.8) is 0 Å². The number of hydrogen-bond donors (Lipinski definition) is 7. The van der Waals surface area contributed by atoms with Gasteiger partial charge in [0, 0.05) is 6.42 Å². The standard InChI is InChI=1S/C21H30N6O7/c1-11(21(33)34)25-20(32)15(10-17(24)29)27-19(31)14(7-8-16(23)28)26-18(30)13(22)9-12-5-3-2-4-6-12/h2-6,11,13-15H,7-10,22H2,1H3,(H2,23,28)(H2,24,29)(H,25,32)(H,26,30)(H,27,31)(H,33,34). The van der Waals surface area contributed by atoms with Gasteiger partial charge in [-0.3, -0.25) is 28.8 Å². The molecule has 0 saturated heterocycles. The molecule has 0 aromatic heterocycles. The molecular formula is C21H30N6O7. The monoisotopic (exact) mass is 478 g/mol. The summed E-state index contributed by atoms with van der Waals surface area (Å²) in [5.74, 6) is -5.58. The Morgan fingerprint density at radius 1 is 0.853 bits per heavy atom. The number of carboxylic acids is 1. The van der Waals surface area contributed by atoms with Gasteiger partial charge in [-0.05, 0) is 25.3 Å². The van der Waals surface area contributed by atoms with Gasteiger partial charge in [0.25, 0.3) is 0 Å². The first kappa shape index (κ1) is 28.0. The first-order valence-corrected chi connectivity index (χ1v) is 10.4. The van der Waals surface area contributed by atoms with Gasteiger partial charge in [0.15, 0.2) is 0 Å². The van der Waals surface area contributed by atoms with E-state index in [2.05, 4.69) is 16.0 Å². The van der Waals surface area contributed by atoms with Crippen molar-refractivity contribution in [1.82, 2.24) is 16.0 Å². The molecule has 1 rings (SSSR count). The normalized spacial score (nSPS) is 14.1. The van der Waals surface area contributed by atoms with Crippen LogP contribution in [0.3, 0.4) is 0 Å². The third-order valence-corrected chi connectivity index (χ3v) is 4.72. The lowest BCUT2D eigenvalue weighted by Gasteiger charge is -2.24. The fourth-order valence-corrected chi connectivity index (χ4v) is 2.85. The quantitative estimate of drug-likeness (QED) is 0.148. The Bertz CT molecular complexity index is 908. The van der Waals surface area contributed by atoms with Crippen LogP contribution in [0.2, 0.25) is 0 Å². The van der Waals surface area contributed by atoms with Gasteiger partial charge in [-0.2, -0.15) is 0 Å². The van der Waals surface area contributed by atoms with E-state index in [0.717, 1.165) is 5.56 Å². The van der Waals surface area contributed by atoms with Crippen LogP contribution in [-0.4, -0.2) is 64.8 Å². The number of carbonyl (C=O) groups excluding carboxylic acids is 5. The highest BCUT2D eigenvalue weighted by molar-refractivity contribution is 5.96. The number of amides is 5. The predicted molar refractivity (Wildman–Crippen MR) is 119 cm³/mol. The summed E-state index contributed by atoms with van der Waals surface area (Å²) >= 11 is 0. The van der Waals surface area contributed by atoms with Gasteiger partial charge in [-0.25, -0.2) is 0 Å². The molecule has 0 aliphatic rings. The summed E-state index contributed by atoms with van der Waals surface area (Å²) < 4.78 is 0. The molecule has 13 heteroatoms. The van der Waals surface area contributed by atoms with Gasteiger partial charge in [0.2, 0.25) is 29.5 Å². The van der Waals surface area contributed by atoms with Crippen LogP contribution < -0.4 is 33.2 Å². The van der Waals surface area contributed by atoms with Gasteiger partial charge in [-0.15, -0.1) is 0 Å². The van der Waals surface area contributed by atoms with Crippen molar-refractivity contribution in [2.24, 2.45) is 17.2 Å². The van der Waals surface area contributed by atoms with Crippen molar-refractivity contribution < 1.29 is 33.9 Å². The van der Waals surface area contributed by atoms with Crippen molar-refractivity contribution >= 4 is 35.5 Å². The zero-order valence-electron chi connectivity index (χ0n) is 18.7. The van der Waals surface area contributed by atoms with E-state index >= 15 is 0 Å². The summed E-state index contributed by atoms with van der Waals surface area (Å²) in [4.78, 5) is 71.3. The van der Waals surface area contributed by atoms with Crippen LogP contribution in [0, 0.1) is 0 Å². The van der Waals surface area contributed by atoms with Gasteiger partial charge >= 0.3 is 5.97 Å². The molecule has 0 fully saturated rings. The summed E-state index contributed by atoms with van der Waals surface area (Å²) in [5.41, 5.74) is 17.0. The lowest BCUT2D eigenvalue weighted by atomic mass is 10.0. The number of nitrogens with two attached hydrogens (primary N) is 3. The van der Waals surface area contributed by atoms with E-state index in [4.69, 9.17) is 22.3 Å². The molecule has 4 atom stereocenters. The second kappa shape index (κ2) is 13.5. The minimum atomic E-state index is -1.52. The van der Waals surface area contributed by atoms with Gasteiger partial charge < -0.3 is 38.3 Å². The largest absolute Gasteiger partial charge is 0.480 e. The fourth-order valence-electron chi connectivity index (χ4n) is 2.85. The maximum Gasteiger partial charge on any atom is 0.325 e. The Morgan fingerprint density at radius 2 is 1.41 bits per heavy atom. The van der Waals surface area contributed by atoms with Crippen molar-refractivity contribution in [2.75, 3.05) is 0 Å². The molecule has 0 spiro atoms. The number of aliphatic carboxylic acids is 1. The number of carboxylic acid groups (broad SMARTS) is 1. The van der Waals surface area contributed by atoms with Crippen LogP contribution in [-0.2, 0) is 35.2 Å². The second-order valence-corrected chi connectivity index (χ2v) is 7.66. The third-order valence-electron chi connectivity index (χ3n) is 4.72. The first-order valence-electron chi connectivity index (χ1n) is 10.4. The minimum absolute atomic E-state index is 0.177. The lowest BCUT2D eigenvalue weighted by molar-refractivity contribution is -0.142. The molecule has 1 aromatic rings. The van der Waals surface area contributed by atoms with Crippen molar-refractivity contribution in [1.29, 1.82) is 0 Å². The number of carbonyl (C=O) groups is 6. The van der Waals surface area contributed by atoms with Crippen LogP contribution in [0.15, 0.2) is 30.3 Å². The molecule has 0 bridgehead atoms. The Labute approximate surface area is 195 Å². The lowest BCUT2D eigenvalue weighted by Crippen LogP contribution is -2.57. The van der Waals surface area contributed by atoms with Crippen LogP contribution in [0.1, 0.15) is 31.7 Å². The predicted octanol–water partition coefficient (Wildman–Crippen LogP) is -2.74. The Balaban J connectivity index is 2.94. The van der Waals surface area contributed by atoms with Gasteiger partial charge in [0.05, 0.1) is 12.5 Å². The molecule has 10 N–H and O–H groups in total. The van der Waals surface area contributed by atoms with Crippen LogP contribution in [0.25, 0.3) is 0 Å². The Kier molecular flexibility index (Phi) is 11.2. The summed E-state index contributed by atoms with van der Waals surface area (Å²) in [6.07, 6.45) is -0.930. The Hall–Kier alpha value is -4.00. The highest BCUT2D eigenvalue weighted by Crippen LogP contribution is 2.05. The summed E-state index contributed by atoms with van der Waals surface area (Å²) in [5, 5.41) is 15.8. The van der Waals surface area contributed by atoms with Crippen molar-refractivity contribution in [2.45, 2.75) is 56.8 Å². The average Bonchev–Trinajstić information content (AvgIpc) is 2.75. The third kappa shape index (κ3) is 10.1. The number of nitrogens with one attached hydrogen (secondary N) is 3. The average molecular weight is 479 g/mol. The number of hydrogen-bond acceptors (Lipinski definition) is 7. The van der Waals surface area contributed by atoms with Crippen LogP contribution >= 0.6 is 0 Å². The molecule has 4 unspecified atom stereocenters. The summed E-state index contributed by atoms with van der Waals surface area (Å²) in [6, 6.07) is 3.74. The fraction of sp³-hybridized carbons (Fsp3) is 0.429. The molecule has 0 aliphatic carbocycles. The minimum Gasteiger partial charge on any atom is -0.480 e. The molecule has 0 radical (unpaired) electrons. The van der Waals surface area contributed by atoms with E-state index < -0.39 is 66.1 Å². The molecule has 13 nitrogen and oxygen atoms in total. The molecule has 186 valence electrons. The summed E-state index contributed by atoms with van der Waals surface area (Å²) in [7, 11) is 0.